The topological polar surface area (TPSA) is 37.2 Å². The van der Waals surface area contributed by atoms with Gasteiger partial charge in [-0.3, -0.25) is 5.32 Å². The summed E-state index contributed by atoms with van der Waals surface area (Å²) in [6, 6.07) is 14.6. The van der Waals surface area contributed by atoms with Crippen molar-refractivity contribution in [2.75, 3.05) is 7.05 Å². The van der Waals surface area contributed by atoms with Crippen molar-refractivity contribution in [3.8, 4) is 0 Å². The lowest BCUT2D eigenvalue weighted by atomic mass is 9.93. The van der Waals surface area contributed by atoms with Crippen LogP contribution in [-0.4, -0.2) is 22.8 Å². The number of nitrogens with one attached hydrogen (secondary N) is 1. The van der Waals surface area contributed by atoms with Gasteiger partial charge in [0.1, 0.15) is 5.66 Å². The first-order chi connectivity index (χ1) is 11.8. The highest BCUT2D eigenvalue weighted by molar-refractivity contribution is 5.81. The Labute approximate surface area is 143 Å². The van der Waals surface area contributed by atoms with E-state index < -0.39 is 23.5 Å². The highest BCUT2D eigenvalue weighted by Gasteiger charge is 2.39. The van der Waals surface area contributed by atoms with Gasteiger partial charge in [-0.05, 0) is 43.1 Å². The SMILES string of the molecule is CNC(c1ccccc1)(C(C)O)n1ccc2ccc(C(F)(F)F)cc21. The van der Waals surface area contributed by atoms with Crippen molar-refractivity contribution in [3.05, 3.63) is 71.9 Å². The Hall–Kier alpha value is -2.31. The zero-order valence-electron chi connectivity index (χ0n) is 13.9. The molecule has 3 rings (SSSR count). The molecule has 0 aliphatic heterocycles. The molecule has 2 unspecified atom stereocenters. The highest BCUT2D eigenvalue weighted by atomic mass is 19.4. The van der Waals surface area contributed by atoms with Crippen molar-refractivity contribution >= 4 is 10.9 Å². The molecule has 1 aromatic heterocycles. The molecule has 0 saturated heterocycles. The summed E-state index contributed by atoms with van der Waals surface area (Å²) in [7, 11) is 1.68. The second-order valence-corrected chi connectivity index (χ2v) is 6.02. The monoisotopic (exact) mass is 348 g/mol. The third-order valence-corrected chi connectivity index (χ3v) is 4.60. The molecule has 0 fully saturated rings. The van der Waals surface area contributed by atoms with Crippen LogP contribution in [-0.2, 0) is 11.8 Å². The Morgan fingerprint density at radius 2 is 1.68 bits per heavy atom. The van der Waals surface area contributed by atoms with E-state index in [1.807, 2.05) is 30.3 Å². The van der Waals surface area contributed by atoms with E-state index in [1.165, 1.54) is 6.07 Å². The van der Waals surface area contributed by atoms with E-state index >= 15 is 0 Å². The van der Waals surface area contributed by atoms with Gasteiger partial charge in [-0.25, -0.2) is 0 Å². The Kier molecular flexibility index (Phi) is 4.34. The number of aliphatic hydroxyl groups is 1. The van der Waals surface area contributed by atoms with Gasteiger partial charge in [0.15, 0.2) is 0 Å². The molecule has 2 atom stereocenters. The number of benzene rings is 2. The van der Waals surface area contributed by atoms with E-state index in [2.05, 4.69) is 5.32 Å². The summed E-state index contributed by atoms with van der Waals surface area (Å²) in [5.41, 5.74) is -0.660. The van der Waals surface area contributed by atoms with Crippen LogP contribution in [0.1, 0.15) is 18.1 Å². The fraction of sp³-hybridized carbons (Fsp3) is 0.263. The van der Waals surface area contributed by atoms with Gasteiger partial charge in [-0.1, -0.05) is 36.4 Å². The fourth-order valence-corrected chi connectivity index (χ4v) is 3.36. The van der Waals surface area contributed by atoms with Crippen LogP contribution in [0.2, 0.25) is 0 Å². The minimum Gasteiger partial charge on any atom is -0.389 e. The molecule has 0 bridgehead atoms. The maximum absolute atomic E-state index is 13.1. The van der Waals surface area contributed by atoms with Crippen molar-refractivity contribution in [3.63, 3.8) is 0 Å². The molecule has 25 heavy (non-hydrogen) atoms. The molecule has 6 heteroatoms. The minimum atomic E-state index is -4.43. The quantitative estimate of drug-likeness (QED) is 0.749. The van der Waals surface area contributed by atoms with E-state index in [9.17, 15) is 18.3 Å². The maximum atomic E-state index is 13.1. The third kappa shape index (κ3) is 2.81. The van der Waals surface area contributed by atoms with Crippen LogP contribution >= 0.6 is 0 Å². The van der Waals surface area contributed by atoms with Crippen molar-refractivity contribution in [1.82, 2.24) is 9.88 Å². The van der Waals surface area contributed by atoms with Gasteiger partial charge in [0.25, 0.3) is 0 Å². The van der Waals surface area contributed by atoms with Crippen LogP contribution in [0.3, 0.4) is 0 Å². The van der Waals surface area contributed by atoms with E-state index in [0.29, 0.717) is 10.9 Å². The van der Waals surface area contributed by atoms with E-state index in [-0.39, 0.29) is 0 Å². The van der Waals surface area contributed by atoms with Gasteiger partial charge in [0.05, 0.1) is 17.2 Å². The number of hydrogen-bond acceptors (Lipinski definition) is 2. The predicted octanol–water partition coefficient (Wildman–Crippen LogP) is 3.96. The molecular weight excluding hydrogens is 329 g/mol. The molecule has 0 aliphatic rings. The molecule has 132 valence electrons. The summed E-state index contributed by atoms with van der Waals surface area (Å²) >= 11 is 0. The number of fused-ring (bicyclic) bond motifs is 1. The summed E-state index contributed by atoms with van der Waals surface area (Å²) in [4.78, 5) is 0. The largest absolute Gasteiger partial charge is 0.416 e. The number of nitrogens with zero attached hydrogens (tertiary/aromatic N) is 1. The Balaban J connectivity index is 2.30. The van der Waals surface area contributed by atoms with Gasteiger partial charge in [-0.15, -0.1) is 0 Å². The summed E-state index contributed by atoms with van der Waals surface area (Å²) in [5.74, 6) is 0. The molecule has 0 radical (unpaired) electrons. The number of halogens is 3. The smallest absolute Gasteiger partial charge is 0.389 e. The van der Waals surface area contributed by atoms with Gasteiger partial charge in [-0.2, -0.15) is 13.2 Å². The molecule has 1 heterocycles. The fourth-order valence-electron chi connectivity index (χ4n) is 3.36. The molecule has 0 amide bonds. The zero-order chi connectivity index (χ0) is 18.2. The van der Waals surface area contributed by atoms with Gasteiger partial charge in [0.2, 0.25) is 0 Å². The van der Waals surface area contributed by atoms with Crippen molar-refractivity contribution < 1.29 is 18.3 Å². The number of aliphatic hydroxyl groups excluding tert-OH is 1. The normalized spacial score (nSPS) is 15.9. The Morgan fingerprint density at radius 1 is 1.00 bits per heavy atom. The van der Waals surface area contributed by atoms with Gasteiger partial charge >= 0.3 is 6.18 Å². The number of rotatable bonds is 4. The Bertz CT molecular complexity index is 871. The average Bonchev–Trinajstić information content (AvgIpc) is 3.00. The minimum absolute atomic E-state index is 0.397. The Morgan fingerprint density at radius 3 is 2.24 bits per heavy atom. The van der Waals surface area contributed by atoms with Crippen molar-refractivity contribution in [2.24, 2.45) is 0 Å². The van der Waals surface area contributed by atoms with Crippen LogP contribution in [0.5, 0.6) is 0 Å². The molecule has 3 nitrogen and oxygen atoms in total. The molecule has 0 saturated carbocycles. The van der Waals surface area contributed by atoms with Crippen LogP contribution < -0.4 is 5.32 Å². The van der Waals surface area contributed by atoms with E-state index in [1.54, 1.807) is 30.8 Å². The molecule has 2 N–H and O–H groups in total. The first-order valence-electron chi connectivity index (χ1n) is 7.92. The van der Waals surface area contributed by atoms with Crippen LogP contribution in [0.15, 0.2) is 60.8 Å². The number of aromatic nitrogens is 1. The molecular formula is C19H19F3N2O. The second kappa shape index (κ2) is 6.20. The van der Waals surface area contributed by atoms with E-state index in [0.717, 1.165) is 17.7 Å². The van der Waals surface area contributed by atoms with Gasteiger partial charge < -0.3 is 9.67 Å². The second-order valence-electron chi connectivity index (χ2n) is 6.02. The van der Waals surface area contributed by atoms with Crippen LogP contribution in [0, 0.1) is 0 Å². The van der Waals surface area contributed by atoms with Crippen LogP contribution in [0.25, 0.3) is 10.9 Å². The lowest BCUT2D eigenvalue weighted by Crippen LogP contribution is -2.54. The zero-order valence-corrected chi connectivity index (χ0v) is 13.9. The highest BCUT2D eigenvalue weighted by Crippen LogP contribution is 2.35. The first kappa shape index (κ1) is 17.5. The van der Waals surface area contributed by atoms with Crippen molar-refractivity contribution in [2.45, 2.75) is 24.9 Å². The lowest BCUT2D eigenvalue weighted by Gasteiger charge is -2.39. The van der Waals surface area contributed by atoms with Crippen LogP contribution in [0.4, 0.5) is 13.2 Å². The molecule has 3 aromatic rings. The third-order valence-electron chi connectivity index (χ3n) is 4.60. The number of hydrogen-bond donors (Lipinski definition) is 2. The summed E-state index contributed by atoms with van der Waals surface area (Å²) < 4.78 is 41.1. The molecule has 0 spiro atoms. The first-order valence-corrected chi connectivity index (χ1v) is 7.92. The standard InChI is InChI=1S/C19H19F3N2O/c1-13(25)18(23-2,15-6-4-3-5-7-15)24-11-10-14-8-9-16(12-17(14)24)19(20,21)22/h3-13,23,25H,1-2H3. The summed E-state index contributed by atoms with van der Waals surface area (Å²) in [6.07, 6.45) is -3.63. The maximum Gasteiger partial charge on any atom is 0.416 e. The summed E-state index contributed by atoms with van der Waals surface area (Å²) in [6.45, 7) is 1.61. The van der Waals surface area contributed by atoms with Crippen molar-refractivity contribution in [1.29, 1.82) is 0 Å². The lowest BCUT2D eigenvalue weighted by molar-refractivity contribution is -0.137. The van der Waals surface area contributed by atoms with Gasteiger partial charge in [0, 0.05) is 6.20 Å². The molecule has 0 aliphatic carbocycles. The predicted molar refractivity (Wildman–Crippen MR) is 91.2 cm³/mol. The average molecular weight is 348 g/mol. The number of likely N-dealkylation sites (N-methyl/N-ethyl adjacent to an activating group) is 1. The number of alkyl halides is 3. The van der Waals surface area contributed by atoms with E-state index in [4.69, 9.17) is 0 Å². The summed E-state index contributed by atoms with van der Waals surface area (Å²) in [5, 5.41) is 14.4. The molecule has 2 aromatic carbocycles.